The third-order valence-corrected chi connectivity index (χ3v) is 5.47. The van der Waals surface area contributed by atoms with Crippen LogP contribution in [0, 0.1) is 0 Å². The number of benzene rings is 1. The molecule has 152 valence electrons. The van der Waals surface area contributed by atoms with Crippen molar-refractivity contribution in [2.45, 2.75) is 31.8 Å². The van der Waals surface area contributed by atoms with Gasteiger partial charge in [0.15, 0.2) is 11.4 Å². The highest BCUT2D eigenvalue weighted by Crippen LogP contribution is 2.22. The molecule has 30 heavy (non-hydrogen) atoms. The Morgan fingerprint density at radius 3 is 2.97 bits per heavy atom. The second-order valence-corrected chi connectivity index (χ2v) is 7.37. The molecule has 0 N–H and O–H groups in total. The van der Waals surface area contributed by atoms with Crippen LogP contribution in [0.5, 0.6) is 0 Å². The Bertz CT molecular complexity index is 1240. The minimum absolute atomic E-state index is 0.0182. The predicted octanol–water partition coefficient (Wildman–Crippen LogP) is 1.80. The molecule has 0 bridgehead atoms. The maximum absolute atomic E-state index is 13.0. The van der Waals surface area contributed by atoms with Gasteiger partial charge >= 0.3 is 0 Å². The van der Waals surface area contributed by atoms with Crippen LogP contribution in [0.25, 0.3) is 16.8 Å². The normalized spacial score (nSPS) is 16.4. The van der Waals surface area contributed by atoms with Gasteiger partial charge in [-0.15, -0.1) is 0 Å². The van der Waals surface area contributed by atoms with Gasteiger partial charge in [0, 0.05) is 30.4 Å². The SMILES string of the molecule is O=C(Cc1noc2ccccc12)N1CCCC1Cn1nc(-n2ccnc2)ccc1=O. The number of hydrogen-bond donors (Lipinski definition) is 0. The largest absolute Gasteiger partial charge is 0.356 e. The number of nitrogens with zero attached hydrogens (tertiary/aromatic N) is 6. The lowest BCUT2D eigenvalue weighted by molar-refractivity contribution is -0.131. The number of aromatic nitrogens is 5. The van der Waals surface area contributed by atoms with Crippen LogP contribution in [0.15, 0.2) is 64.4 Å². The molecule has 0 radical (unpaired) electrons. The van der Waals surface area contributed by atoms with Crippen LogP contribution in [0.2, 0.25) is 0 Å². The maximum atomic E-state index is 13.0. The second-order valence-electron chi connectivity index (χ2n) is 7.37. The standard InChI is InChI=1S/C21H20N6O3/c28-20-8-7-19(25-11-9-22-14-25)23-27(20)13-15-4-3-10-26(15)21(29)12-17-16-5-1-2-6-18(16)30-24-17/h1-2,5-9,11,14-15H,3-4,10,12-13H2. The highest BCUT2D eigenvalue weighted by Gasteiger charge is 2.30. The summed E-state index contributed by atoms with van der Waals surface area (Å²) in [7, 11) is 0. The lowest BCUT2D eigenvalue weighted by atomic mass is 10.1. The Balaban J connectivity index is 1.35. The van der Waals surface area contributed by atoms with Gasteiger partial charge in [-0.05, 0) is 31.0 Å². The van der Waals surface area contributed by atoms with Gasteiger partial charge in [0.25, 0.3) is 5.56 Å². The number of para-hydroxylation sites is 1. The van der Waals surface area contributed by atoms with Crippen LogP contribution >= 0.6 is 0 Å². The van der Waals surface area contributed by atoms with Gasteiger partial charge in [-0.25, -0.2) is 9.67 Å². The van der Waals surface area contributed by atoms with Crippen molar-refractivity contribution in [3.8, 4) is 5.82 Å². The fourth-order valence-electron chi connectivity index (χ4n) is 3.97. The summed E-state index contributed by atoms with van der Waals surface area (Å²) in [4.78, 5) is 31.2. The molecule has 1 amide bonds. The molecule has 0 saturated carbocycles. The molecule has 1 aliphatic rings. The van der Waals surface area contributed by atoms with E-state index in [1.54, 1.807) is 29.4 Å². The minimum atomic E-state index is -0.194. The number of fused-ring (bicyclic) bond motifs is 1. The summed E-state index contributed by atoms with van der Waals surface area (Å²) in [6.07, 6.45) is 6.95. The Labute approximate surface area is 171 Å². The molecule has 9 heteroatoms. The van der Waals surface area contributed by atoms with Crippen molar-refractivity contribution in [2.75, 3.05) is 6.54 Å². The summed E-state index contributed by atoms with van der Waals surface area (Å²) in [6.45, 7) is 1.02. The molecular weight excluding hydrogens is 384 g/mol. The highest BCUT2D eigenvalue weighted by molar-refractivity contribution is 5.86. The number of imidazole rings is 1. The van der Waals surface area contributed by atoms with Crippen molar-refractivity contribution in [1.29, 1.82) is 0 Å². The third-order valence-electron chi connectivity index (χ3n) is 5.47. The zero-order valence-corrected chi connectivity index (χ0v) is 16.2. The van der Waals surface area contributed by atoms with Gasteiger partial charge in [0.05, 0.1) is 19.0 Å². The van der Waals surface area contributed by atoms with Crippen LogP contribution in [0.3, 0.4) is 0 Å². The van der Waals surface area contributed by atoms with Crippen LogP contribution < -0.4 is 5.56 Å². The monoisotopic (exact) mass is 404 g/mol. The summed E-state index contributed by atoms with van der Waals surface area (Å²) in [5.41, 5.74) is 1.12. The minimum Gasteiger partial charge on any atom is -0.356 e. The molecule has 1 atom stereocenters. The van der Waals surface area contributed by atoms with E-state index in [0.717, 1.165) is 18.2 Å². The van der Waals surface area contributed by atoms with Crippen molar-refractivity contribution >= 4 is 16.9 Å². The number of carbonyl (C=O) groups is 1. The maximum Gasteiger partial charge on any atom is 0.266 e. The first-order chi connectivity index (χ1) is 14.7. The molecule has 3 aromatic heterocycles. The first-order valence-electron chi connectivity index (χ1n) is 9.88. The van der Waals surface area contributed by atoms with E-state index in [-0.39, 0.29) is 23.9 Å². The quantitative estimate of drug-likeness (QED) is 0.503. The molecule has 4 aromatic rings. The van der Waals surface area contributed by atoms with Gasteiger partial charge in [-0.2, -0.15) is 5.10 Å². The lowest BCUT2D eigenvalue weighted by Crippen LogP contribution is -2.41. The Kier molecular flexibility index (Phi) is 4.62. The van der Waals surface area contributed by atoms with E-state index in [4.69, 9.17) is 4.52 Å². The number of rotatable bonds is 5. The summed E-state index contributed by atoms with van der Waals surface area (Å²) < 4.78 is 8.48. The van der Waals surface area contributed by atoms with Crippen molar-refractivity contribution in [3.63, 3.8) is 0 Å². The topological polar surface area (TPSA) is 99.1 Å². The van der Waals surface area contributed by atoms with Gasteiger partial charge in [-0.1, -0.05) is 17.3 Å². The van der Waals surface area contributed by atoms with E-state index in [0.29, 0.717) is 30.2 Å². The van der Waals surface area contributed by atoms with Crippen molar-refractivity contribution in [2.24, 2.45) is 0 Å². The van der Waals surface area contributed by atoms with Gasteiger partial charge in [0.2, 0.25) is 5.91 Å². The van der Waals surface area contributed by atoms with E-state index in [1.807, 2.05) is 29.2 Å². The van der Waals surface area contributed by atoms with Crippen LogP contribution in [0.4, 0.5) is 0 Å². The van der Waals surface area contributed by atoms with Crippen LogP contribution in [-0.4, -0.2) is 47.9 Å². The summed E-state index contributed by atoms with van der Waals surface area (Å²) in [5, 5.41) is 9.38. The van der Waals surface area contributed by atoms with E-state index in [2.05, 4.69) is 15.2 Å². The van der Waals surface area contributed by atoms with E-state index >= 15 is 0 Å². The first-order valence-corrected chi connectivity index (χ1v) is 9.88. The summed E-state index contributed by atoms with van der Waals surface area (Å²) >= 11 is 0. The molecule has 0 aliphatic carbocycles. The number of amides is 1. The smallest absolute Gasteiger partial charge is 0.266 e. The molecular formula is C21H20N6O3. The molecule has 1 fully saturated rings. The van der Waals surface area contributed by atoms with Gasteiger partial charge < -0.3 is 9.42 Å². The van der Waals surface area contributed by atoms with Crippen molar-refractivity contribution in [1.82, 2.24) is 29.4 Å². The van der Waals surface area contributed by atoms with Crippen LogP contribution in [0.1, 0.15) is 18.5 Å². The Hall–Kier alpha value is -3.75. The number of hydrogen-bond acceptors (Lipinski definition) is 6. The molecule has 1 unspecified atom stereocenters. The first kappa shape index (κ1) is 18.3. The molecule has 4 heterocycles. The average molecular weight is 404 g/mol. The van der Waals surface area contributed by atoms with E-state index in [9.17, 15) is 9.59 Å². The molecule has 0 spiro atoms. The zero-order chi connectivity index (χ0) is 20.5. The van der Waals surface area contributed by atoms with Crippen LogP contribution in [-0.2, 0) is 17.8 Å². The van der Waals surface area contributed by atoms with Gasteiger partial charge in [0.1, 0.15) is 12.0 Å². The van der Waals surface area contributed by atoms with Gasteiger partial charge in [-0.3, -0.25) is 14.2 Å². The van der Waals surface area contributed by atoms with Crippen molar-refractivity contribution in [3.05, 3.63) is 71.2 Å². The summed E-state index contributed by atoms with van der Waals surface area (Å²) in [6, 6.07) is 10.6. The predicted molar refractivity (Wildman–Crippen MR) is 108 cm³/mol. The fraction of sp³-hybridized carbons (Fsp3) is 0.286. The summed E-state index contributed by atoms with van der Waals surface area (Å²) in [5.74, 6) is 0.590. The molecule has 1 aromatic carbocycles. The Morgan fingerprint density at radius 2 is 2.10 bits per heavy atom. The molecule has 9 nitrogen and oxygen atoms in total. The second kappa shape index (κ2) is 7.58. The zero-order valence-electron chi connectivity index (χ0n) is 16.2. The lowest BCUT2D eigenvalue weighted by Gasteiger charge is -2.24. The average Bonchev–Trinajstić information content (AvgIpc) is 3.51. The van der Waals surface area contributed by atoms with Crippen molar-refractivity contribution < 1.29 is 9.32 Å². The highest BCUT2D eigenvalue weighted by atomic mass is 16.5. The molecule has 1 saturated heterocycles. The third kappa shape index (κ3) is 3.38. The van der Waals surface area contributed by atoms with E-state index < -0.39 is 0 Å². The molecule has 1 aliphatic heterocycles. The fourth-order valence-corrected chi connectivity index (χ4v) is 3.97. The number of likely N-dealkylation sites (tertiary alicyclic amines) is 1. The van der Waals surface area contributed by atoms with E-state index in [1.165, 1.54) is 10.7 Å². The number of carbonyl (C=O) groups excluding carboxylic acids is 1. The molecule has 5 rings (SSSR count). The Morgan fingerprint density at radius 1 is 1.20 bits per heavy atom.